The Morgan fingerprint density at radius 1 is 0.957 bits per heavy atom. The Morgan fingerprint density at radius 3 is 2.43 bits per heavy atom. The molecule has 0 saturated carbocycles. The summed E-state index contributed by atoms with van der Waals surface area (Å²) in [5.74, 6) is -0.191. The summed E-state index contributed by atoms with van der Waals surface area (Å²) in [5.41, 5.74) is 0.344. The lowest BCUT2D eigenvalue weighted by Crippen LogP contribution is -2.05. The summed E-state index contributed by atoms with van der Waals surface area (Å²) in [4.78, 5) is 12.6. The van der Waals surface area contributed by atoms with Gasteiger partial charge in [0.05, 0.1) is 25.2 Å². The quantitative estimate of drug-likeness (QED) is 0.723. The van der Waals surface area contributed by atoms with E-state index in [9.17, 15) is 15.0 Å². The minimum absolute atomic E-state index is 0.112. The fourth-order valence-electron chi connectivity index (χ4n) is 2.36. The molecule has 0 aliphatic heterocycles. The number of ether oxygens (including phenoxy) is 2. The van der Waals surface area contributed by atoms with Crippen molar-refractivity contribution in [3.05, 3.63) is 46.8 Å². The zero-order valence-corrected chi connectivity index (χ0v) is 12.5. The molecule has 0 radical (unpaired) electrons. The van der Waals surface area contributed by atoms with Gasteiger partial charge < -0.3 is 24.1 Å². The van der Waals surface area contributed by atoms with Gasteiger partial charge in [0.25, 0.3) is 0 Å². The van der Waals surface area contributed by atoms with Crippen molar-refractivity contribution in [2.45, 2.75) is 0 Å². The SMILES string of the molecule is COc1ccc2c(=O)c(-c3ccc(OC)c(O)c3O)coc2c1. The van der Waals surface area contributed by atoms with Gasteiger partial charge in [-0.1, -0.05) is 0 Å². The first kappa shape index (κ1) is 14.8. The number of fused-ring (bicyclic) bond motifs is 1. The van der Waals surface area contributed by atoms with Crippen molar-refractivity contribution in [3.8, 4) is 34.1 Å². The van der Waals surface area contributed by atoms with E-state index in [1.54, 1.807) is 18.2 Å². The number of methoxy groups -OCH3 is 2. The van der Waals surface area contributed by atoms with Crippen LogP contribution in [0.3, 0.4) is 0 Å². The summed E-state index contributed by atoms with van der Waals surface area (Å²) in [7, 11) is 2.89. The Morgan fingerprint density at radius 2 is 1.74 bits per heavy atom. The van der Waals surface area contributed by atoms with Crippen LogP contribution in [0.25, 0.3) is 22.1 Å². The summed E-state index contributed by atoms with van der Waals surface area (Å²) >= 11 is 0. The molecular formula is C17H14O6. The number of hydrogen-bond donors (Lipinski definition) is 2. The van der Waals surface area contributed by atoms with Crippen LogP contribution in [-0.2, 0) is 0 Å². The van der Waals surface area contributed by atoms with Crippen LogP contribution in [0.4, 0.5) is 0 Å². The van der Waals surface area contributed by atoms with Gasteiger partial charge in [0.1, 0.15) is 17.6 Å². The molecule has 0 unspecified atom stereocenters. The van der Waals surface area contributed by atoms with E-state index in [0.29, 0.717) is 16.7 Å². The number of aromatic hydroxyl groups is 2. The zero-order valence-electron chi connectivity index (χ0n) is 12.5. The predicted octanol–water partition coefficient (Wildman–Crippen LogP) is 2.89. The standard InChI is InChI=1S/C17H14O6/c1-21-9-3-4-11-14(7-9)23-8-12(15(11)18)10-5-6-13(22-2)17(20)16(10)19/h3-8,19-20H,1-2H3. The molecule has 0 atom stereocenters. The molecule has 0 saturated heterocycles. The summed E-state index contributed by atoms with van der Waals surface area (Å²) in [6.45, 7) is 0. The first-order valence-electron chi connectivity index (χ1n) is 6.75. The van der Waals surface area contributed by atoms with E-state index in [-0.39, 0.29) is 22.3 Å². The third-order valence-corrected chi connectivity index (χ3v) is 3.61. The van der Waals surface area contributed by atoms with Crippen molar-refractivity contribution in [2.75, 3.05) is 14.2 Å². The monoisotopic (exact) mass is 314 g/mol. The van der Waals surface area contributed by atoms with Crippen LogP contribution in [0.2, 0.25) is 0 Å². The second-order valence-electron chi connectivity index (χ2n) is 4.85. The third kappa shape index (κ3) is 2.34. The maximum Gasteiger partial charge on any atom is 0.201 e. The average molecular weight is 314 g/mol. The van der Waals surface area contributed by atoms with Crippen molar-refractivity contribution >= 4 is 11.0 Å². The van der Waals surface area contributed by atoms with E-state index in [1.807, 2.05) is 0 Å². The number of phenolic OH excluding ortho intramolecular Hbond substituents is 2. The normalized spacial score (nSPS) is 10.7. The molecule has 0 aliphatic carbocycles. The van der Waals surface area contributed by atoms with Crippen molar-refractivity contribution in [1.29, 1.82) is 0 Å². The molecule has 3 rings (SSSR count). The second-order valence-corrected chi connectivity index (χ2v) is 4.85. The number of phenols is 2. The number of hydrogen-bond acceptors (Lipinski definition) is 6. The van der Waals surface area contributed by atoms with Gasteiger partial charge in [-0.25, -0.2) is 0 Å². The Kier molecular flexibility index (Phi) is 3.57. The first-order chi connectivity index (χ1) is 11.1. The lowest BCUT2D eigenvalue weighted by Gasteiger charge is -2.10. The summed E-state index contributed by atoms with van der Waals surface area (Å²) in [6, 6.07) is 7.78. The fraction of sp³-hybridized carbons (Fsp3) is 0.118. The van der Waals surface area contributed by atoms with Gasteiger partial charge in [-0.2, -0.15) is 0 Å². The van der Waals surface area contributed by atoms with Gasteiger partial charge in [0, 0.05) is 11.6 Å². The minimum Gasteiger partial charge on any atom is -0.504 e. The Hall–Kier alpha value is -3.15. The van der Waals surface area contributed by atoms with E-state index < -0.39 is 11.5 Å². The number of benzene rings is 2. The van der Waals surface area contributed by atoms with E-state index >= 15 is 0 Å². The Balaban J connectivity index is 2.24. The van der Waals surface area contributed by atoms with Gasteiger partial charge in [0.15, 0.2) is 11.5 Å². The van der Waals surface area contributed by atoms with E-state index in [2.05, 4.69) is 0 Å². The lowest BCUT2D eigenvalue weighted by molar-refractivity contribution is 0.351. The molecule has 2 aromatic carbocycles. The maximum absolute atomic E-state index is 12.6. The van der Waals surface area contributed by atoms with E-state index in [0.717, 1.165) is 0 Å². The maximum atomic E-state index is 12.6. The number of rotatable bonds is 3. The smallest absolute Gasteiger partial charge is 0.201 e. The lowest BCUT2D eigenvalue weighted by atomic mass is 10.0. The predicted molar refractivity (Wildman–Crippen MR) is 84.4 cm³/mol. The highest BCUT2D eigenvalue weighted by Crippen LogP contribution is 2.42. The molecular weight excluding hydrogens is 300 g/mol. The highest BCUT2D eigenvalue weighted by molar-refractivity contribution is 5.84. The third-order valence-electron chi connectivity index (χ3n) is 3.61. The van der Waals surface area contributed by atoms with E-state index in [4.69, 9.17) is 13.9 Å². The molecule has 0 bridgehead atoms. The molecule has 6 nitrogen and oxygen atoms in total. The molecule has 23 heavy (non-hydrogen) atoms. The second kappa shape index (κ2) is 5.57. The Labute approximate surface area is 131 Å². The topological polar surface area (TPSA) is 89.1 Å². The summed E-state index contributed by atoms with van der Waals surface area (Å²) < 4.78 is 15.5. The van der Waals surface area contributed by atoms with Gasteiger partial charge >= 0.3 is 0 Å². The van der Waals surface area contributed by atoms with Crippen LogP contribution in [0, 0.1) is 0 Å². The summed E-state index contributed by atoms with van der Waals surface area (Å²) in [6.07, 6.45) is 1.24. The van der Waals surface area contributed by atoms with Crippen LogP contribution >= 0.6 is 0 Å². The molecule has 0 spiro atoms. The highest BCUT2D eigenvalue weighted by Gasteiger charge is 2.18. The molecule has 0 amide bonds. The molecule has 1 aromatic heterocycles. The van der Waals surface area contributed by atoms with Crippen LogP contribution in [-0.4, -0.2) is 24.4 Å². The van der Waals surface area contributed by atoms with Crippen LogP contribution in [0.5, 0.6) is 23.0 Å². The van der Waals surface area contributed by atoms with Crippen LogP contribution in [0.15, 0.2) is 45.8 Å². The van der Waals surface area contributed by atoms with Gasteiger partial charge in [-0.3, -0.25) is 4.79 Å². The largest absolute Gasteiger partial charge is 0.504 e. The molecule has 6 heteroatoms. The van der Waals surface area contributed by atoms with Crippen molar-refractivity contribution in [2.24, 2.45) is 0 Å². The van der Waals surface area contributed by atoms with Gasteiger partial charge in [-0.15, -0.1) is 0 Å². The van der Waals surface area contributed by atoms with Crippen LogP contribution in [0.1, 0.15) is 0 Å². The highest BCUT2D eigenvalue weighted by atomic mass is 16.5. The fourth-order valence-corrected chi connectivity index (χ4v) is 2.36. The Bertz CT molecular complexity index is 942. The van der Waals surface area contributed by atoms with Crippen molar-refractivity contribution in [1.82, 2.24) is 0 Å². The summed E-state index contributed by atoms with van der Waals surface area (Å²) in [5, 5.41) is 20.3. The van der Waals surface area contributed by atoms with Crippen molar-refractivity contribution < 1.29 is 24.1 Å². The molecule has 0 fully saturated rings. The zero-order chi connectivity index (χ0) is 16.6. The van der Waals surface area contributed by atoms with Crippen LogP contribution < -0.4 is 14.9 Å². The van der Waals surface area contributed by atoms with Gasteiger partial charge in [0.2, 0.25) is 11.2 Å². The van der Waals surface area contributed by atoms with E-state index in [1.165, 1.54) is 32.6 Å². The molecule has 3 aromatic rings. The molecule has 0 aliphatic rings. The van der Waals surface area contributed by atoms with Gasteiger partial charge in [-0.05, 0) is 24.3 Å². The first-order valence-corrected chi connectivity index (χ1v) is 6.75. The molecule has 118 valence electrons. The minimum atomic E-state index is -0.440. The molecule has 1 heterocycles. The van der Waals surface area contributed by atoms with Crippen molar-refractivity contribution in [3.63, 3.8) is 0 Å². The molecule has 2 N–H and O–H groups in total. The average Bonchev–Trinajstić information content (AvgIpc) is 2.58.